The molecule has 1 amide bonds. The van der Waals surface area contributed by atoms with Crippen LogP contribution in [0, 0.1) is 0 Å². The number of quaternary nitrogens is 1. The Morgan fingerprint density at radius 2 is 2.47 bits per heavy atom. The minimum absolute atomic E-state index is 0.182. The Morgan fingerprint density at radius 1 is 1.71 bits per heavy atom. The average Bonchev–Trinajstić information content (AvgIpc) is 2.53. The number of aliphatic carboxylic acids is 1. The van der Waals surface area contributed by atoms with Crippen LogP contribution in [0.5, 0.6) is 0 Å². The van der Waals surface area contributed by atoms with Crippen LogP contribution in [0.4, 0.5) is 0 Å². The maximum atomic E-state index is 11.6. The van der Waals surface area contributed by atoms with Crippen molar-refractivity contribution < 1.29 is 25.3 Å². The van der Waals surface area contributed by atoms with E-state index >= 15 is 0 Å². The summed E-state index contributed by atoms with van der Waals surface area (Å²) in [5, 5.41) is 10.7. The molecule has 2 aliphatic rings. The molecule has 0 aromatic carbocycles. The molecule has 2 atom stereocenters. The molecule has 1 saturated heterocycles. The van der Waals surface area contributed by atoms with Gasteiger partial charge in [-0.1, -0.05) is 12.2 Å². The van der Waals surface area contributed by atoms with Gasteiger partial charge in [0.25, 0.3) is 5.91 Å². The third-order valence-electron chi connectivity index (χ3n) is 2.92. The summed E-state index contributed by atoms with van der Waals surface area (Å²) in [6, 6.07) is -0.866. The summed E-state index contributed by atoms with van der Waals surface area (Å²) in [6.07, 6.45) is 5.09. The van der Waals surface area contributed by atoms with Crippen molar-refractivity contribution in [1.29, 1.82) is 0 Å². The second-order valence-corrected chi connectivity index (χ2v) is 4.18. The number of carboxylic acid groups (broad SMARTS) is 1. The highest BCUT2D eigenvalue weighted by Gasteiger charge is 2.33. The Bertz CT molecular complexity index is 414. The van der Waals surface area contributed by atoms with Crippen LogP contribution >= 0.6 is 0 Å². The number of carbonyl (C=O) groups excluding carboxylic acids is 2. The number of rotatable bonds is 3. The number of hydroxylamine groups is 1. The van der Waals surface area contributed by atoms with E-state index in [1.165, 1.54) is 0 Å². The zero-order valence-corrected chi connectivity index (χ0v) is 9.27. The zero-order chi connectivity index (χ0) is 12.4. The molecule has 6 heteroatoms. The van der Waals surface area contributed by atoms with Crippen molar-refractivity contribution in [3.05, 3.63) is 23.3 Å². The SMILES string of the molecule is [NH3+][C@@H](CC1=C2C(=O)NOC2CCC=C1)C(=O)[O-]. The van der Waals surface area contributed by atoms with Gasteiger partial charge in [0.2, 0.25) is 0 Å². The van der Waals surface area contributed by atoms with Gasteiger partial charge in [0.1, 0.15) is 12.1 Å². The Kier molecular flexibility index (Phi) is 3.26. The van der Waals surface area contributed by atoms with E-state index < -0.39 is 12.0 Å². The van der Waals surface area contributed by atoms with Crippen molar-refractivity contribution in [3.8, 4) is 0 Å². The topological polar surface area (TPSA) is 106 Å². The number of hydrogen-bond donors (Lipinski definition) is 2. The van der Waals surface area contributed by atoms with E-state index in [9.17, 15) is 14.7 Å². The predicted octanol–water partition coefficient (Wildman–Crippen LogP) is -2.19. The molecule has 1 aliphatic carbocycles. The lowest BCUT2D eigenvalue weighted by molar-refractivity contribution is -0.436. The van der Waals surface area contributed by atoms with E-state index in [0.29, 0.717) is 17.6 Å². The Morgan fingerprint density at radius 3 is 3.18 bits per heavy atom. The minimum Gasteiger partial charge on any atom is -0.544 e. The van der Waals surface area contributed by atoms with Crippen molar-refractivity contribution in [1.82, 2.24) is 5.48 Å². The van der Waals surface area contributed by atoms with Crippen molar-refractivity contribution >= 4 is 11.9 Å². The molecule has 0 aromatic rings. The molecule has 1 heterocycles. The van der Waals surface area contributed by atoms with Crippen molar-refractivity contribution in [2.45, 2.75) is 31.4 Å². The Labute approximate surface area is 98.1 Å². The second kappa shape index (κ2) is 4.68. The fourth-order valence-electron chi connectivity index (χ4n) is 2.03. The molecule has 1 fully saturated rings. The maximum absolute atomic E-state index is 11.6. The van der Waals surface area contributed by atoms with E-state index in [1.807, 2.05) is 6.08 Å². The summed E-state index contributed by atoms with van der Waals surface area (Å²) in [7, 11) is 0. The second-order valence-electron chi connectivity index (χ2n) is 4.18. The number of fused-ring (bicyclic) bond motifs is 1. The van der Waals surface area contributed by atoms with Gasteiger partial charge in [0, 0.05) is 6.42 Å². The van der Waals surface area contributed by atoms with Crippen LogP contribution in [0.25, 0.3) is 0 Å². The number of allylic oxidation sites excluding steroid dienone is 2. The number of hydrogen-bond acceptors (Lipinski definition) is 4. The molecule has 92 valence electrons. The van der Waals surface area contributed by atoms with Gasteiger partial charge >= 0.3 is 0 Å². The molecular formula is C11H14N2O4. The lowest BCUT2D eigenvalue weighted by Gasteiger charge is -2.12. The summed E-state index contributed by atoms with van der Waals surface area (Å²) >= 11 is 0. The van der Waals surface area contributed by atoms with Gasteiger partial charge in [-0.25, -0.2) is 5.48 Å². The number of carbonyl (C=O) groups is 2. The Balaban J connectivity index is 2.28. The molecule has 1 aliphatic heterocycles. The van der Waals surface area contributed by atoms with E-state index in [-0.39, 0.29) is 18.4 Å². The fraction of sp³-hybridized carbons (Fsp3) is 0.455. The van der Waals surface area contributed by atoms with Crippen molar-refractivity contribution in [2.75, 3.05) is 0 Å². The first-order chi connectivity index (χ1) is 8.09. The predicted molar refractivity (Wildman–Crippen MR) is 54.7 cm³/mol. The first-order valence-corrected chi connectivity index (χ1v) is 5.49. The highest BCUT2D eigenvalue weighted by molar-refractivity contribution is 5.96. The monoisotopic (exact) mass is 238 g/mol. The Hall–Kier alpha value is -1.66. The molecule has 1 unspecified atom stereocenters. The normalized spacial score (nSPS) is 25.2. The molecule has 4 N–H and O–H groups in total. The summed E-state index contributed by atoms with van der Waals surface area (Å²) in [4.78, 5) is 27.4. The maximum Gasteiger partial charge on any atom is 0.273 e. The van der Waals surface area contributed by atoms with E-state index in [4.69, 9.17) is 4.84 Å². The largest absolute Gasteiger partial charge is 0.544 e. The van der Waals surface area contributed by atoms with Gasteiger partial charge in [0.15, 0.2) is 0 Å². The number of carboxylic acids is 1. The highest BCUT2D eigenvalue weighted by Crippen LogP contribution is 2.27. The molecule has 0 saturated carbocycles. The molecule has 0 radical (unpaired) electrons. The van der Waals surface area contributed by atoms with Gasteiger partial charge in [-0.05, 0) is 18.4 Å². The van der Waals surface area contributed by atoms with Crippen molar-refractivity contribution in [2.24, 2.45) is 0 Å². The van der Waals surface area contributed by atoms with Crippen molar-refractivity contribution in [3.63, 3.8) is 0 Å². The molecule has 0 spiro atoms. The third-order valence-corrected chi connectivity index (χ3v) is 2.92. The molecule has 0 aromatic heterocycles. The van der Waals surface area contributed by atoms with Gasteiger partial charge in [0.05, 0.1) is 11.5 Å². The lowest BCUT2D eigenvalue weighted by atomic mass is 9.97. The van der Waals surface area contributed by atoms with Gasteiger partial charge in [-0.2, -0.15) is 0 Å². The summed E-state index contributed by atoms with van der Waals surface area (Å²) < 4.78 is 0. The minimum atomic E-state index is -1.22. The molecule has 17 heavy (non-hydrogen) atoms. The zero-order valence-electron chi connectivity index (χ0n) is 9.27. The van der Waals surface area contributed by atoms with Gasteiger partial charge < -0.3 is 15.6 Å². The molecular weight excluding hydrogens is 224 g/mol. The van der Waals surface area contributed by atoms with Crippen LogP contribution < -0.4 is 16.3 Å². The van der Waals surface area contributed by atoms with Crippen LogP contribution in [0.2, 0.25) is 0 Å². The molecule has 6 nitrogen and oxygen atoms in total. The first kappa shape index (κ1) is 11.8. The molecule has 2 rings (SSSR count). The first-order valence-electron chi connectivity index (χ1n) is 5.49. The van der Waals surface area contributed by atoms with Crippen LogP contribution in [-0.2, 0) is 14.4 Å². The standard InChI is InChI=1S/C11H14N2O4/c12-7(11(15)16)5-6-3-1-2-4-8-9(6)10(14)13-17-8/h1,3,7-8H,2,4-5,12H2,(H,13,14)(H,15,16)/t7-,8?/m0/s1. The highest BCUT2D eigenvalue weighted by atomic mass is 16.7. The average molecular weight is 238 g/mol. The lowest BCUT2D eigenvalue weighted by Crippen LogP contribution is -2.68. The third kappa shape index (κ3) is 2.37. The summed E-state index contributed by atoms with van der Waals surface area (Å²) in [5.41, 5.74) is 7.00. The summed E-state index contributed by atoms with van der Waals surface area (Å²) in [5.74, 6) is -1.51. The van der Waals surface area contributed by atoms with Crippen LogP contribution in [0.15, 0.2) is 23.3 Å². The molecule has 0 bridgehead atoms. The van der Waals surface area contributed by atoms with Crippen LogP contribution in [-0.4, -0.2) is 24.0 Å². The van der Waals surface area contributed by atoms with E-state index in [2.05, 4.69) is 11.2 Å². The number of nitrogens with one attached hydrogen (secondary N) is 1. The summed E-state index contributed by atoms with van der Waals surface area (Å²) in [6.45, 7) is 0. The van der Waals surface area contributed by atoms with Crippen LogP contribution in [0.1, 0.15) is 19.3 Å². The van der Waals surface area contributed by atoms with Gasteiger partial charge in [-0.3, -0.25) is 9.63 Å². The smallest absolute Gasteiger partial charge is 0.273 e. The van der Waals surface area contributed by atoms with Gasteiger partial charge in [-0.15, -0.1) is 0 Å². The fourth-order valence-corrected chi connectivity index (χ4v) is 2.03. The van der Waals surface area contributed by atoms with E-state index in [0.717, 1.165) is 6.42 Å². The van der Waals surface area contributed by atoms with Crippen LogP contribution in [0.3, 0.4) is 0 Å². The number of amides is 1. The quantitative estimate of drug-likeness (QED) is 0.582. The van der Waals surface area contributed by atoms with E-state index in [1.54, 1.807) is 6.08 Å².